The molecule has 1 saturated carbocycles. The molecule has 1 aliphatic rings. The van der Waals surface area contributed by atoms with Gasteiger partial charge in [0.1, 0.15) is 11.2 Å². The molecular weight excluding hydrogens is 294 g/mol. The Morgan fingerprint density at radius 1 is 1.43 bits per heavy atom. The van der Waals surface area contributed by atoms with Gasteiger partial charge < -0.3 is 16.0 Å². The third kappa shape index (κ3) is 2.39. The molecule has 1 atom stereocenters. The summed E-state index contributed by atoms with van der Waals surface area (Å²) < 4.78 is 1.58. The fraction of sp³-hybridized carbons (Fsp3) is 0.312. The van der Waals surface area contributed by atoms with E-state index < -0.39 is 0 Å². The van der Waals surface area contributed by atoms with Crippen LogP contribution in [0.4, 0.5) is 0 Å². The van der Waals surface area contributed by atoms with Crippen molar-refractivity contribution < 1.29 is 4.79 Å². The molecule has 0 bridgehead atoms. The Hall–Kier alpha value is -2.67. The summed E-state index contributed by atoms with van der Waals surface area (Å²) in [6.45, 7) is 0.429. The number of aromatic amines is 1. The monoisotopic (exact) mass is 311 g/mol. The molecule has 0 radical (unpaired) electrons. The molecule has 1 fully saturated rings. The van der Waals surface area contributed by atoms with Crippen molar-refractivity contribution in [2.24, 2.45) is 11.7 Å². The number of carbonyl (C=O) groups excluding carboxylic acids is 1. The zero-order valence-electron chi connectivity index (χ0n) is 12.5. The number of fused-ring (bicyclic) bond motifs is 3. The smallest absolute Gasteiger partial charge is 0.259 e. The summed E-state index contributed by atoms with van der Waals surface area (Å²) in [5.41, 5.74) is 7.16. The van der Waals surface area contributed by atoms with Gasteiger partial charge in [-0.15, -0.1) is 0 Å². The highest BCUT2D eigenvalue weighted by molar-refractivity contribution is 6.00. The average molecular weight is 311 g/mol. The minimum Gasteiger partial charge on any atom is -0.350 e. The highest BCUT2D eigenvalue weighted by Crippen LogP contribution is 2.31. The van der Waals surface area contributed by atoms with Gasteiger partial charge in [-0.05, 0) is 30.9 Å². The molecule has 0 saturated heterocycles. The molecule has 7 nitrogen and oxygen atoms in total. The molecule has 4 rings (SSSR count). The number of amides is 1. The van der Waals surface area contributed by atoms with Crippen LogP contribution in [-0.4, -0.2) is 33.1 Å². The second-order valence-electron chi connectivity index (χ2n) is 6.00. The molecule has 0 spiro atoms. The number of hydrogen-bond donors (Lipinski definition) is 3. The predicted molar refractivity (Wildman–Crippen MR) is 86.4 cm³/mol. The Morgan fingerprint density at radius 3 is 3.00 bits per heavy atom. The predicted octanol–water partition coefficient (Wildman–Crippen LogP) is 0.643. The summed E-state index contributed by atoms with van der Waals surface area (Å²) in [6.07, 6.45) is 3.73. The van der Waals surface area contributed by atoms with Gasteiger partial charge in [0.2, 0.25) is 0 Å². The van der Waals surface area contributed by atoms with E-state index in [-0.39, 0.29) is 17.5 Å². The van der Waals surface area contributed by atoms with Crippen molar-refractivity contribution in [1.29, 1.82) is 0 Å². The summed E-state index contributed by atoms with van der Waals surface area (Å²) in [5, 5.41) is 7.60. The third-order valence-corrected chi connectivity index (χ3v) is 4.35. The van der Waals surface area contributed by atoms with Gasteiger partial charge in [-0.25, -0.2) is 4.52 Å². The van der Waals surface area contributed by atoms with E-state index in [1.807, 2.05) is 6.07 Å². The van der Waals surface area contributed by atoms with E-state index in [9.17, 15) is 9.59 Å². The van der Waals surface area contributed by atoms with E-state index in [2.05, 4.69) is 15.4 Å². The Balaban J connectivity index is 1.70. The Kier molecular flexibility index (Phi) is 3.16. The molecular formula is C16H17N5O2. The first-order chi connectivity index (χ1) is 11.1. The lowest BCUT2D eigenvalue weighted by molar-refractivity contribution is 0.0951. The molecule has 4 N–H and O–H groups in total. The van der Waals surface area contributed by atoms with Crippen molar-refractivity contribution in [3.8, 4) is 0 Å². The lowest BCUT2D eigenvalue weighted by Gasteiger charge is -2.11. The normalized spacial score (nSPS) is 15.9. The van der Waals surface area contributed by atoms with Gasteiger partial charge in [-0.2, -0.15) is 5.10 Å². The number of hydrogen-bond acceptors (Lipinski definition) is 4. The number of benzene rings is 1. The number of nitrogens with two attached hydrogens (primary N) is 1. The van der Waals surface area contributed by atoms with Crippen LogP contribution in [0.25, 0.3) is 16.6 Å². The summed E-state index contributed by atoms with van der Waals surface area (Å²) in [7, 11) is 0. The van der Waals surface area contributed by atoms with Crippen molar-refractivity contribution in [3.63, 3.8) is 0 Å². The minimum absolute atomic E-state index is 0.0133. The van der Waals surface area contributed by atoms with Gasteiger partial charge in [0.05, 0.1) is 17.1 Å². The van der Waals surface area contributed by atoms with Crippen molar-refractivity contribution in [3.05, 3.63) is 46.4 Å². The summed E-state index contributed by atoms with van der Waals surface area (Å²) in [5.74, 6) is 0.241. The molecule has 1 aromatic carbocycles. The number of H-pyrrole nitrogens is 1. The SMILES string of the molecule is NC(CNC(=O)c1cnn2c1[nH]c(=O)c1ccccc12)C1CC1. The van der Waals surface area contributed by atoms with Crippen LogP contribution in [0.1, 0.15) is 23.2 Å². The lowest BCUT2D eigenvalue weighted by Crippen LogP contribution is -2.38. The number of para-hydroxylation sites is 1. The Bertz CT molecular complexity index is 954. The lowest BCUT2D eigenvalue weighted by atomic mass is 10.2. The number of nitrogens with one attached hydrogen (secondary N) is 2. The molecule has 7 heteroatoms. The second kappa shape index (κ2) is 5.20. The van der Waals surface area contributed by atoms with Crippen molar-refractivity contribution in [2.75, 3.05) is 6.54 Å². The average Bonchev–Trinajstić information content (AvgIpc) is 3.33. The molecule has 2 aromatic heterocycles. The quantitative estimate of drug-likeness (QED) is 0.657. The zero-order valence-corrected chi connectivity index (χ0v) is 12.5. The van der Waals surface area contributed by atoms with Crippen LogP contribution < -0.4 is 16.6 Å². The first-order valence-electron chi connectivity index (χ1n) is 7.67. The molecule has 1 amide bonds. The fourth-order valence-electron chi connectivity index (χ4n) is 2.84. The maximum atomic E-state index is 12.4. The van der Waals surface area contributed by atoms with Crippen molar-refractivity contribution >= 4 is 22.5 Å². The maximum Gasteiger partial charge on any atom is 0.259 e. The van der Waals surface area contributed by atoms with Crippen LogP contribution in [0, 0.1) is 5.92 Å². The number of rotatable bonds is 4. The summed E-state index contributed by atoms with van der Waals surface area (Å²) in [6, 6.07) is 7.14. The Morgan fingerprint density at radius 2 is 2.22 bits per heavy atom. The van der Waals surface area contributed by atoms with E-state index in [4.69, 9.17) is 5.73 Å². The second-order valence-corrected chi connectivity index (χ2v) is 6.00. The van der Waals surface area contributed by atoms with Crippen LogP contribution >= 0.6 is 0 Å². The highest BCUT2D eigenvalue weighted by atomic mass is 16.2. The van der Waals surface area contributed by atoms with E-state index >= 15 is 0 Å². The number of aromatic nitrogens is 3. The topological polar surface area (TPSA) is 105 Å². The van der Waals surface area contributed by atoms with Gasteiger partial charge in [0, 0.05) is 12.6 Å². The maximum absolute atomic E-state index is 12.4. The van der Waals surface area contributed by atoms with E-state index in [1.54, 1.807) is 22.7 Å². The highest BCUT2D eigenvalue weighted by Gasteiger charge is 2.28. The molecule has 118 valence electrons. The number of nitrogens with zero attached hydrogens (tertiary/aromatic N) is 2. The zero-order chi connectivity index (χ0) is 16.0. The fourth-order valence-corrected chi connectivity index (χ4v) is 2.84. The molecule has 2 heterocycles. The summed E-state index contributed by atoms with van der Waals surface area (Å²) in [4.78, 5) is 27.3. The summed E-state index contributed by atoms with van der Waals surface area (Å²) >= 11 is 0. The minimum atomic E-state index is -0.276. The molecule has 1 aliphatic carbocycles. The number of carbonyl (C=O) groups is 1. The van der Waals surface area contributed by atoms with Gasteiger partial charge in [0.15, 0.2) is 0 Å². The molecule has 1 unspecified atom stereocenters. The third-order valence-electron chi connectivity index (χ3n) is 4.35. The van der Waals surface area contributed by atoms with E-state index in [1.165, 1.54) is 6.20 Å². The molecule has 0 aliphatic heterocycles. The van der Waals surface area contributed by atoms with Gasteiger partial charge in [-0.1, -0.05) is 12.1 Å². The largest absolute Gasteiger partial charge is 0.350 e. The first-order valence-corrected chi connectivity index (χ1v) is 7.67. The van der Waals surface area contributed by atoms with Crippen molar-refractivity contribution in [2.45, 2.75) is 18.9 Å². The van der Waals surface area contributed by atoms with Crippen LogP contribution in [0.3, 0.4) is 0 Å². The van der Waals surface area contributed by atoms with Crippen molar-refractivity contribution in [1.82, 2.24) is 19.9 Å². The van der Waals surface area contributed by atoms with Gasteiger partial charge in [-0.3, -0.25) is 9.59 Å². The van der Waals surface area contributed by atoms with E-state index in [0.717, 1.165) is 12.8 Å². The van der Waals surface area contributed by atoms with Crippen LogP contribution in [-0.2, 0) is 0 Å². The Labute approximate surface area is 131 Å². The van der Waals surface area contributed by atoms with Gasteiger partial charge in [0.25, 0.3) is 11.5 Å². The molecule has 23 heavy (non-hydrogen) atoms. The van der Waals surface area contributed by atoms with Crippen LogP contribution in [0.2, 0.25) is 0 Å². The standard InChI is InChI=1S/C16H17N5O2/c17-12(9-5-6-9)8-18-15(22)11-7-19-21-13-4-2-1-3-10(13)16(23)20-14(11)21/h1-4,7,9,12H,5-6,8,17H2,(H,18,22)(H,20,23). The van der Waals surface area contributed by atoms with Crippen LogP contribution in [0.15, 0.2) is 35.3 Å². The van der Waals surface area contributed by atoms with E-state index in [0.29, 0.717) is 34.6 Å². The van der Waals surface area contributed by atoms with Gasteiger partial charge >= 0.3 is 0 Å². The van der Waals surface area contributed by atoms with Crippen LogP contribution in [0.5, 0.6) is 0 Å². The molecule has 3 aromatic rings. The first kappa shape index (κ1) is 14.0.